The van der Waals surface area contributed by atoms with E-state index >= 15 is 0 Å². The fourth-order valence-corrected chi connectivity index (χ4v) is 1.37. The van der Waals surface area contributed by atoms with Crippen LogP contribution >= 0.6 is 0 Å². The third-order valence-corrected chi connectivity index (χ3v) is 2.72. The largest absolute Gasteiger partial charge is 0.394 e. The van der Waals surface area contributed by atoms with E-state index < -0.39 is 12.2 Å². The van der Waals surface area contributed by atoms with Gasteiger partial charge in [-0.2, -0.15) is 0 Å². The van der Waals surface area contributed by atoms with Crippen LogP contribution in [0.3, 0.4) is 0 Å². The number of ether oxygens (including phenoxy) is 1. The standard InChI is InChI=1S/C8H16O3/c1-5-8(2,3)7(10)6(4-9)11-5/h5-7,9-10H,4H2,1-3H3/t5-,6?,7?/m0/s1. The van der Waals surface area contributed by atoms with Crippen molar-refractivity contribution in [1.82, 2.24) is 0 Å². The molecule has 0 amide bonds. The highest BCUT2D eigenvalue weighted by molar-refractivity contribution is 4.94. The van der Waals surface area contributed by atoms with Gasteiger partial charge in [-0.1, -0.05) is 13.8 Å². The minimum Gasteiger partial charge on any atom is -0.394 e. The Hall–Kier alpha value is -0.120. The lowest BCUT2D eigenvalue weighted by molar-refractivity contribution is -0.0171. The molecule has 1 heterocycles. The minimum atomic E-state index is -0.553. The molecule has 0 aromatic rings. The average Bonchev–Trinajstić information content (AvgIpc) is 2.14. The lowest BCUT2D eigenvalue weighted by Gasteiger charge is -2.25. The first-order valence-corrected chi connectivity index (χ1v) is 3.94. The van der Waals surface area contributed by atoms with Crippen LogP contribution in [-0.2, 0) is 4.74 Å². The number of hydrogen-bond donors (Lipinski definition) is 2. The Morgan fingerprint density at radius 1 is 1.45 bits per heavy atom. The van der Waals surface area contributed by atoms with Gasteiger partial charge in [-0.25, -0.2) is 0 Å². The lowest BCUT2D eigenvalue weighted by Crippen LogP contribution is -2.35. The van der Waals surface area contributed by atoms with Crippen LogP contribution in [0.4, 0.5) is 0 Å². The van der Waals surface area contributed by atoms with Crippen molar-refractivity contribution < 1.29 is 14.9 Å². The molecule has 0 aliphatic carbocycles. The van der Waals surface area contributed by atoms with Crippen molar-refractivity contribution in [2.24, 2.45) is 5.41 Å². The van der Waals surface area contributed by atoms with E-state index in [1.54, 1.807) is 0 Å². The van der Waals surface area contributed by atoms with Gasteiger partial charge in [0.05, 0.1) is 18.8 Å². The smallest absolute Gasteiger partial charge is 0.107 e. The first-order valence-electron chi connectivity index (χ1n) is 3.94. The molecule has 3 nitrogen and oxygen atoms in total. The van der Waals surface area contributed by atoms with Crippen LogP contribution in [0.2, 0.25) is 0 Å². The molecular weight excluding hydrogens is 144 g/mol. The van der Waals surface area contributed by atoms with Crippen molar-refractivity contribution in [3.63, 3.8) is 0 Å². The topological polar surface area (TPSA) is 49.7 Å². The molecule has 1 saturated heterocycles. The van der Waals surface area contributed by atoms with Crippen LogP contribution < -0.4 is 0 Å². The van der Waals surface area contributed by atoms with E-state index in [4.69, 9.17) is 9.84 Å². The van der Waals surface area contributed by atoms with E-state index in [0.29, 0.717) is 0 Å². The molecule has 1 fully saturated rings. The maximum absolute atomic E-state index is 9.60. The zero-order valence-corrected chi connectivity index (χ0v) is 7.24. The number of hydrogen-bond acceptors (Lipinski definition) is 3. The quantitative estimate of drug-likeness (QED) is 0.574. The molecular formula is C8H16O3. The first-order chi connectivity index (χ1) is 5.00. The van der Waals surface area contributed by atoms with Crippen LogP contribution in [0, 0.1) is 5.41 Å². The molecule has 1 aliphatic rings. The van der Waals surface area contributed by atoms with Gasteiger partial charge in [0.15, 0.2) is 0 Å². The molecule has 0 spiro atoms. The Kier molecular flexibility index (Phi) is 2.23. The zero-order chi connectivity index (χ0) is 8.65. The summed E-state index contributed by atoms with van der Waals surface area (Å²) in [5, 5.41) is 18.4. The van der Waals surface area contributed by atoms with Crippen molar-refractivity contribution in [3.8, 4) is 0 Å². The highest BCUT2D eigenvalue weighted by atomic mass is 16.5. The Labute approximate surface area is 67.0 Å². The fraction of sp³-hybridized carbons (Fsp3) is 1.00. The predicted octanol–water partition coefficient (Wildman–Crippen LogP) is 0.153. The van der Waals surface area contributed by atoms with Gasteiger partial charge in [-0.3, -0.25) is 0 Å². The van der Waals surface area contributed by atoms with E-state index in [9.17, 15) is 5.11 Å². The van der Waals surface area contributed by atoms with Gasteiger partial charge in [0.2, 0.25) is 0 Å². The second-order valence-corrected chi connectivity index (χ2v) is 3.77. The SMILES string of the molecule is C[C@@H]1OC(CO)C(O)C1(C)C. The summed E-state index contributed by atoms with van der Waals surface area (Å²) in [6, 6.07) is 0. The highest BCUT2D eigenvalue weighted by Gasteiger charge is 2.46. The second-order valence-electron chi connectivity index (χ2n) is 3.77. The molecule has 3 heteroatoms. The van der Waals surface area contributed by atoms with E-state index in [2.05, 4.69) is 0 Å². The van der Waals surface area contributed by atoms with E-state index in [1.807, 2.05) is 20.8 Å². The van der Waals surface area contributed by atoms with E-state index in [0.717, 1.165) is 0 Å². The van der Waals surface area contributed by atoms with Crippen LogP contribution in [0.25, 0.3) is 0 Å². The van der Waals surface area contributed by atoms with Gasteiger partial charge in [0, 0.05) is 5.41 Å². The first kappa shape index (κ1) is 8.97. The number of aliphatic hydroxyl groups excluding tert-OH is 2. The fourth-order valence-electron chi connectivity index (χ4n) is 1.37. The van der Waals surface area contributed by atoms with Gasteiger partial charge >= 0.3 is 0 Å². The van der Waals surface area contributed by atoms with Gasteiger partial charge in [-0.15, -0.1) is 0 Å². The Morgan fingerprint density at radius 2 is 2.00 bits per heavy atom. The van der Waals surface area contributed by atoms with Crippen LogP contribution in [0.15, 0.2) is 0 Å². The Balaban J connectivity index is 2.71. The number of rotatable bonds is 1. The minimum absolute atomic E-state index is 0.00894. The molecule has 0 radical (unpaired) electrons. The summed E-state index contributed by atoms with van der Waals surface area (Å²) in [4.78, 5) is 0. The summed E-state index contributed by atoms with van der Waals surface area (Å²) >= 11 is 0. The summed E-state index contributed by atoms with van der Waals surface area (Å²) in [6.45, 7) is 5.70. The van der Waals surface area contributed by atoms with Crippen LogP contribution in [0.1, 0.15) is 20.8 Å². The molecule has 2 N–H and O–H groups in total. The molecule has 0 aromatic carbocycles. The van der Waals surface area contributed by atoms with Crippen LogP contribution in [-0.4, -0.2) is 35.1 Å². The van der Waals surface area contributed by atoms with Crippen molar-refractivity contribution in [1.29, 1.82) is 0 Å². The lowest BCUT2D eigenvalue weighted by atomic mass is 9.82. The average molecular weight is 160 g/mol. The third kappa shape index (κ3) is 1.28. The van der Waals surface area contributed by atoms with Gasteiger partial charge in [-0.05, 0) is 6.92 Å². The predicted molar refractivity (Wildman–Crippen MR) is 41.2 cm³/mol. The van der Waals surface area contributed by atoms with Crippen molar-refractivity contribution in [2.75, 3.05) is 6.61 Å². The highest BCUT2D eigenvalue weighted by Crippen LogP contribution is 2.37. The molecule has 66 valence electrons. The van der Waals surface area contributed by atoms with Crippen molar-refractivity contribution >= 4 is 0 Å². The molecule has 0 saturated carbocycles. The third-order valence-electron chi connectivity index (χ3n) is 2.72. The molecule has 11 heavy (non-hydrogen) atoms. The van der Waals surface area contributed by atoms with Crippen molar-refractivity contribution in [3.05, 3.63) is 0 Å². The molecule has 3 atom stereocenters. The zero-order valence-electron chi connectivity index (χ0n) is 7.24. The van der Waals surface area contributed by atoms with Crippen molar-refractivity contribution in [2.45, 2.75) is 39.1 Å². The molecule has 1 rings (SSSR count). The summed E-state index contributed by atoms with van der Waals surface area (Å²) in [6.07, 6.45) is -0.947. The summed E-state index contributed by atoms with van der Waals surface area (Å²) in [5.74, 6) is 0. The summed E-state index contributed by atoms with van der Waals surface area (Å²) in [7, 11) is 0. The Morgan fingerprint density at radius 3 is 2.18 bits per heavy atom. The molecule has 0 bridgehead atoms. The van der Waals surface area contributed by atoms with Gasteiger partial charge < -0.3 is 14.9 Å². The normalized spacial score (nSPS) is 42.8. The Bertz CT molecular complexity index is 144. The van der Waals surface area contributed by atoms with Gasteiger partial charge in [0.1, 0.15) is 6.10 Å². The van der Waals surface area contributed by atoms with E-state index in [1.165, 1.54) is 0 Å². The van der Waals surface area contributed by atoms with Gasteiger partial charge in [0.25, 0.3) is 0 Å². The monoisotopic (exact) mass is 160 g/mol. The molecule has 1 aliphatic heterocycles. The van der Waals surface area contributed by atoms with E-state index in [-0.39, 0.29) is 18.1 Å². The number of aliphatic hydroxyl groups is 2. The maximum Gasteiger partial charge on any atom is 0.107 e. The van der Waals surface area contributed by atoms with Crippen LogP contribution in [0.5, 0.6) is 0 Å². The second kappa shape index (κ2) is 2.73. The summed E-state index contributed by atoms with van der Waals surface area (Å²) in [5.41, 5.74) is -0.243. The molecule has 2 unspecified atom stereocenters. The maximum atomic E-state index is 9.60. The summed E-state index contributed by atoms with van der Waals surface area (Å²) < 4.78 is 5.34. The molecule has 0 aromatic heterocycles.